The summed E-state index contributed by atoms with van der Waals surface area (Å²) in [5, 5.41) is 0.258. The fourth-order valence-corrected chi connectivity index (χ4v) is 4.52. The van der Waals surface area contributed by atoms with Crippen LogP contribution in [-0.2, 0) is 27.1 Å². The smallest absolute Gasteiger partial charge is 0.417 e. The maximum Gasteiger partial charge on any atom is 1.00 e. The molecule has 3 nitrogen and oxygen atoms in total. The van der Waals surface area contributed by atoms with E-state index in [4.69, 9.17) is 13.9 Å². The molecule has 0 bridgehead atoms. The van der Waals surface area contributed by atoms with E-state index in [1.165, 1.54) is 28.2 Å². The fourth-order valence-electron chi connectivity index (χ4n) is 3.43. The number of rotatable bonds is 12. The predicted molar refractivity (Wildman–Crippen MR) is 133 cm³/mol. The predicted octanol–water partition coefficient (Wildman–Crippen LogP) is 4.15. The van der Waals surface area contributed by atoms with Crippen molar-refractivity contribution in [1.29, 1.82) is 0 Å². The van der Waals surface area contributed by atoms with E-state index in [1.807, 2.05) is 0 Å². The van der Waals surface area contributed by atoms with Crippen LogP contribution in [-0.4, -0.2) is 29.1 Å². The van der Waals surface area contributed by atoms with E-state index in [-0.39, 0.29) is 23.9 Å². The molecule has 5 heteroatoms. The Labute approximate surface area is 209 Å². The first-order chi connectivity index (χ1) is 14.7. The van der Waals surface area contributed by atoms with Gasteiger partial charge in [0.15, 0.2) is 8.32 Å². The van der Waals surface area contributed by atoms with Gasteiger partial charge in [0.2, 0.25) is 0 Å². The van der Waals surface area contributed by atoms with Crippen LogP contribution in [0.3, 0.4) is 0 Å². The van der Waals surface area contributed by atoms with Gasteiger partial charge in [-0.15, -0.1) is 41.3 Å². The van der Waals surface area contributed by atoms with Crippen molar-refractivity contribution in [3.8, 4) is 0 Å². The number of hydrogen-bond acceptors (Lipinski definition) is 3. The topological polar surface area (TPSA) is 27.7 Å². The molecular weight excluding hydrogens is 407 g/mol. The molecule has 2 rings (SSSR count). The molecule has 0 aliphatic rings. The zero-order chi connectivity index (χ0) is 22.9. The molecule has 0 aromatic heterocycles. The minimum Gasteiger partial charge on any atom is -0.417 e. The Bertz CT molecular complexity index is 752. The van der Waals surface area contributed by atoms with Crippen LogP contribution in [0, 0.1) is 5.92 Å². The normalized spacial score (nSPS) is 11.8. The molecule has 0 radical (unpaired) electrons. The zero-order valence-corrected chi connectivity index (χ0v) is 22.6. The number of hydrogen-bond donors (Lipinski definition) is 0. The van der Waals surface area contributed by atoms with Crippen LogP contribution in [0.5, 0.6) is 0 Å². The summed E-state index contributed by atoms with van der Waals surface area (Å²) in [6, 6.07) is 17.4. The number of benzene rings is 2. The van der Waals surface area contributed by atoms with Gasteiger partial charge in [-0.1, -0.05) is 69.0 Å². The molecule has 0 spiro atoms. The minimum atomic E-state index is -1.68. The van der Waals surface area contributed by atoms with Crippen molar-refractivity contribution < 1.29 is 32.8 Å². The molecule has 0 N–H and O–H groups in total. The van der Waals surface area contributed by atoms with Crippen molar-refractivity contribution in [2.75, 3.05) is 20.8 Å². The standard InChI is InChI=1S/C27H41O3Si.Li/c1-27(2,3)31(6,7)30-17-9-8-16-26(24-14-10-12-22(18-24)20-28-4)25-15-11-13-23(19-25)21-29-5;/h10-15,18-19H,8-9,16-17,20-21H2,1-7H3;/q-1;+1. The molecule has 0 unspecified atom stereocenters. The molecule has 0 fully saturated rings. The third-order valence-corrected chi connectivity index (χ3v) is 10.8. The van der Waals surface area contributed by atoms with Gasteiger partial charge in [0.05, 0.1) is 13.2 Å². The molecular formula is C27H41LiO3Si. The Balaban J connectivity index is 0.00000512. The first-order valence-electron chi connectivity index (χ1n) is 11.3. The quantitative estimate of drug-likeness (QED) is 0.277. The van der Waals surface area contributed by atoms with Gasteiger partial charge >= 0.3 is 18.9 Å². The average Bonchev–Trinajstić information content (AvgIpc) is 2.71. The maximum absolute atomic E-state index is 6.39. The second kappa shape index (κ2) is 13.6. The molecule has 0 saturated carbocycles. The van der Waals surface area contributed by atoms with Crippen molar-refractivity contribution in [3.63, 3.8) is 0 Å². The third-order valence-electron chi connectivity index (χ3n) is 6.26. The van der Waals surface area contributed by atoms with Crippen LogP contribution >= 0.6 is 0 Å². The fraction of sp³-hybridized carbons (Fsp3) is 0.519. The molecule has 0 aliphatic heterocycles. The molecule has 0 atom stereocenters. The number of methoxy groups -OCH3 is 2. The summed E-state index contributed by atoms with van der Waals surface area (Å²) in [6.07, 6.45) is 3.20. The van der Waals surface area contributed by atoms with Crippen LogP contribution in [0.25, 0.3) is 0 Å². The van der Waals surface area contributed by atoms with Gasteiger partial charge in [0.25, 0.3) is 0 Å². The van der Waals surface area contributed by atoms with E-state index in [9.17, 15) is 0 Å². The molecule has 2 aromatic rings. The summed E-state index contributed by atoms with van der Waals surface area (Å²) in [6.45, 7) is 13.6. The molecule has 0 amide bonds. The SMILES string of the molecule is COCc1cccc([C-](CCCCO[Si](C)(C)C(C)(C)C)c2cccc(COC)c2)c1.[Li+]. The summed E-state index contributed by atoms with van der Waals surface area (Å²) in [7, 11) is 1.81. The Kier molecular flexibility index (Phi) is 12.4. The van der Waals surface area contributed by atoms with Gasteiger partial charge in [-0.25, -0.2) is 0 Å². The summed E-state index contributed by atoms with van der Waals surface area (Å²) < 4.78 is 17.1. The van der Waals surface area contributed by atoms with Crippen LogP contribution in [0.15, 0.2) is 48.5 Å². The largest absolute Gasteiger partial charge is 1.00 e. The third kappa shape index (κ3) is 8.74. The van der Waals surface area contributed by atoms with E-state index in [0.29, 0.717) is 13.2 Å². The van der Waals surface area contributed by atoms with Crippen LogP contribution in [0.1, 0.15) is 62.3 Å². The van der Waals surface area contributed by atoms with Gasteiger partial charge in [-0.2, -0.15) is 0 Å². The van der Waals surface area contributed by atoms with E-state index in [0.717, 1.165) is 25.9 Å². The molecule has 172 valence electrons. The van der Waals surface area contributed by atoms with Gasteiger partial charge < -0.3 is 13.9 Å². The van der Waals surface area contributed by atoms with Crippen LogP contribution < -0.4 is 18.9 Å². The van der Waals surface area contributed by atoms with Crippen LogP contribution in [0.2, 0.25) is 18.1 Å². The number of ether oxygens (including phenoxy) is 2. The van der Waals surface area contributed by atoms with E-state index in [2.05, 4.69) is 82.4 Å². The Morgan fingerprint density at radius 3 is 1.75 bits per heavy atom. The minimum absolute atomic E-state index is 0. The van der Waals surface area contributed by atoms with Gasteiger partial charge in [0.1, 0.15) is 0 Å². The summed E-state index contributed by atoms with van der Waals surface area (Å²) in [4.78, 5) is 0. The van der Waals surface area contributed by atoms with E-state index < -0.39 is 8.32 Å². The maximum atomic E-state index is 6.39. The molecule has 2 aromatic carbocycles. The van der Waals surface area contributed by atoms with Crippen molar-refractivity contribution in [3.05, 3.63) is 76.7 Å². The Morgan fingerprint density at radius 2 is 1.31 bits per heavy atom. The Morgan fingerprint density at radius 1 is 0.812 bits per heavy atom. The molecule has 0 saturated heterocycles. The van der Waals surface area contributed by atoms with Gasteiger partial charge in [0, 0.05) is 20.8 Å². The second-order valence-electron chi connectivity index (χ2n) is 9.81. The second-order valence-corrected chi connectivity index (χ2v) is 14.6. The first-order valence-corrected chi connectivity index (χ1v) is 14.2. The van der Waals surface area contributed by atoms with Crippen molar-refractivity contribution in [2.45, 2.75) is 71.4 Å². The average molecular weight is 449 g/mol. The van der Waals surface area contributed by atoms with Crippen LogP contribution in [0.4, 0.5) is 0 Å². The molecule has 0 aliphatic carbocycles. The van der Waals surface area contributed by atoms with Crippen molar-refractivity contribution in [2.24, 2.45) is 0 Å². The van der Waals surface area contributed by atoms with E-state index >= 15 is 0 Å². The first kappa shape index (κ1) is 29.0. The van der Waals surface area contributed by atoms with Gasteiger partial charge in [-0.05, 0) is 24.6 Å². The summed E-state index contributed by atoms with van der Waals surface area (Å²) in [5.74, 6) is 1.38. The molecule has 0 heterocycles. The number of unbranched alkanes of at least 4 members (excludes halogenated alkanes) is 1. The van der Waals surface area contributed by atoms with Gasteiger partial charge in [-0.3, -0.25) is 0 Å². The summed E-state index contributed by atoms with van der Waals surface area (Å²) >= 11 is 0. The zero-order valence-electron chi connectivity index (χ0n) is 21.6. The monoisotopic (exact) mass is 448 g/mol. The summed E-state index contributed by atoms with van der Waals surface area (Å²) in [5.41, 5.74) is 4.95. The Hall–Kier alpha value is -0.996. The van der Waals surface area contributed by atoms with Crippen molar-refractivity contribution in [1.82, 2.24) is 0 Å². The van der Waals surface area contributed by atoms with E-state index in [1.54, 1.807) is 14.2 Å². The van der Waals surface area contributed by atoms with Crippen molar-refractivity contribution >= 4 is 8.32 Å². The molecule has 32 heavy (non-hydrogen) atoms.